The third kappa shape index (κ3) is 6.41. The number of amides is 1. The Kier molecular flexibility index (Phi) is 6.95. The van der Waals surface area contributed by atoms with Crippen molar-refractivity contribution in [1.29, 1.82) is 0 Å². The Morgan fingerprint density at radius 1 is 1.07 bits per heavy atom. The summed E-state index contributed by atoms with van der Waals surface area (Å²) in [7, 11) is -3.48. The van der Waals surface area contributed by atoms with E-state index in [1.165, 1.54) is 17.0 Å². The lowest BCUT2D eigenvalue weighted by Gasteiger charge is -2.21. The third-order valence-corrected chi connectivity index (χ3v) is 5.18. The van der Waals surface area contributed by atoms with Crippen LogP contribution in [-0.4, -0.2) is 42.6 Å². The van der Waals surface area contributed by atoms with Crippen molar-refractivity contribution in [3.8, 4) is 0 Å². The van der Waals surface area contributed by atoms with Crippen LogP contribution in [0.3, 0.4) is 0 Å². The average Bonchev–Trinajstić information content (AvgIpc) is 2.61. The van der Waals surface area contributed by atoms with Gasteiger partial charge < -0.3 is 10.0 Å². The second-order valence-corrected chi connectivity index (χ2v) is 7.88. The average molecular weight is 390 g/mol. The Labute approximate surface area is 158 Å². The molecule has 0 fully saturated rings. The lowest BCUT2D eigenvalue weighted by Crippen LogP contribution is -2.35. The Bertz CT molecular complexity index is 897. The molecule has 2 aromatic carbocycles. The largest absolute Gasteiger partial charge is 0.480 e. The number of carbonyl (C=O) groups is 2. The van der Waals surface area contributed by atoms with Gasteiger partial charge in [-0.15, -0.1) is 0 Å². The maximum Gasteiger partial charge on any atom is 0.323 e. The van der Waals surface area contributed by atoms with Crippen LogP contribution in [0.2, 0.25) is 0 Å². The molecule has 0 spiro atoms. The molecule has 2 aromatic rings. The van der Waals surface area contributed by atoms with Crippen LogP contribution >= 0.6 is 0 Å². The molecule has 1 amide bonds. The van der Waals surface area contributed by atoms with E-state index < -0.39 is 28.4 Å². The number of nitrogens with zero attached hydrogens (tertiary/aromatic N) is 1. The van der Waals surface area contributed by atoms with Gasteiger partial charge in [0.05, 0.1) is 5.75 Å². The van der Waals surface area contributed by atoms with Gasteiger partial charge in [-0.05, 0) is 30.2 Å². The molecule has 2 N–H and O–H groups in total. The monoisotopic (exact) mass is 390 g/mol. The molecule has 0 heterocycles. The lowest BCUT2D eigenvalue weighted by molar-refractivity contribution is -0.137. The molecule has 0 radical (unpaired) electrons. The van der Waals surface area contributed by atoms with Gasteiger partial charge in [0, 0.05) is 17.8 Å². The normalized spacial score (nSPS) is 11.0. The zero-order valence-electron chi connectivity index (χ0n) is 15.0. The number of hydrogen-bond donors (Lipinski definition) is 2. The van der Waals surface area contributed by atoms with E-state index in [9.17, 15) is 18.0 Å². The third-order valence-electron chi connectivity index (χ3n) is 3.69. The molecule has 0 bridgehead atoms. The van der Waals surface area contributed by atoms with Gasteiger partial charge in [-0.2, -0.15) is 0 Å². The minimum Gasteiger partial charge on any atom is -0.480 e. The standard InChI is InChI=1S/C19H22N2O5S/c1-2-11-27(25,26)20-17-10-6-9-16(12-17)19(24)21(14-18(22)23)13-15-7-4-3-5-8-15/h3-10,12,20H,2,11,13-14H2,1H3,(H,22,23). The summed E-state index contributed by atoms with van der Waals surface area (Å²) in [5.41, 5.74) is 1.28. The summed E-state index contributed by atoms with van der Waals surface area (Å²) >= 11 is 0. The first-order valence-corrected chi connectivity index (χ1v) is 10.1. The van der Waals surface area contributed by atoms with Gasteiger partial charge in [0.25, 0.3) is 5.91 Å². The van der Waals surface area contributed by atoms with Gasteiger partial charge in [0.15, 0.2) is 0 Å². The van der Waals surface area contributed by atoms with Gasteiger partial charge in [-0.25, -0.2) is 8.42 Å². The number of benzene rings is 2. The van der Waals surface area contributed by atoms with Crippen LogP contribution in [0.4, 0.5) is 5.69 Å². The molecule has 8 heteroatoms. The molecule has 27 heavy (non-hydrogen) atoms. The van der Waals surface area contributed by atoms with E-state index in [4.69, 9.17) is 5.11 Å². The number of nitrogens with one attached hydrogen (secondary N) is 1. The molecule has 0 aromatic heterocycles. The zero-order valence-corrected chi connectivity index (χ0v) is 15.8. The van der Waals surface area contributed by atoms with Crippen LogP contribution in [0.1, 0.15) is 29.3 Å². The number of anilines is 1. The lowest BCUT2D eigenvalue weighted by atomic mass is 10.1. The van der Waals surface area contributed by atoms with Crippen LogP contribution in [-0.2, 0) is 21.4 Å². The minimum absolute atomic E-state index is 0.0235. The molecule has 0 aliphatic heterocycles. The Morgan fingerprint density at radius 3 is 2.41 bits per heavy atom. The molecule has 0 saturated heterocycles. The molecule has 144 valence electrons. The van der Waals surface area contributed by atoms with Crippen LogP contribution < -0.4 is 4.72 Å². The van der Waals surface area contributed by atoms with Crippen molar-refractivity contribution >= 4 is 27.6 Å². The molecule has 0 unspecified atom stereocenters. The van der Waals surface area contributed by atoms with E-state index in [-0.39, 0.29) is 23.5 Å². The van der Waals surface area contributed by atoms with Crippen LogP contribution in [0.15, 0.2) is 54.6 Å². The van der Waals surface area contributed by atoms with E-state index in [1.807, 2.05) is 18.2 Å². The van der Waals surface area contributed by atoms with Crippen molar-refractivity contribution in [1.82, 2.24) is 4.90 Å². The second kappa shape index (κ2) is 9.18. The number of carboxylic acids is 1. The predicted molar refractivity (Wildman–Crippen MR) is 103 cm³/mol. The van der Waals surface area contributed by atoms with Crippen molar-refractivity contribution < 1.29 is 23.1 Å². The summed E-state index contributed by atoms with van der Waals surface area (Å²) in [6, 6.07) is 15.1. The minimum atomic E-state index is -3.48. The fourth-order valence-corrected chi connectivity index (χ4v) is 3.69. The molecule has 0 aliphatic carbocycles. The summed E-state index contributed by atoms with van der Waals surface area (Å²) in [5, 5.41) is 9.14. The molecule has 2 rings (SSSR count). The smallest absolute Gasteiger partial charge is 0.323 e. The van der Waals surface area contributed by atoms with Crippen molar-refractivity contribution in [3.05, 3.63) is 65.7 Å². The van der Waals surface area contributed by atoms with Crippen molar-refractivity contribution in [2.45, 2.75) is 19.9 Å². The summed E-state index contributed by atoms with van der Waals surface area (Å²) in [6.07, 6.45) is 0.470. The van der Waals surface area contributed by atoms with Crippen LogP contribution in [0, 0.1) is 0 Å². The van der Waals surface area contributed by atoms with E-state index in [1.54, 1.807) is 31.2 Å². The molecule has 7 nitrogen and oxygen atoms in total. The first-order chi connectivity index (χ1) is 12.8. The quantitative estimate of drug-likeness (QED) is 0.685. The number of aliphatic carboxylic acids is 1. The number of sulfonamides is 1. The van der Waals surface area contributed by atoms with Gasteiger partial charge >= 0.3 is 5.97 Å². The number of carbonyl (C=O) groups excluding carboxylic acids is 1. The van der Waals surface area contributed by atoms with E-state index in [0.717, 1.165) is 5.56 Å². The highest BCUT2D eigenvalue weighted by Gasteiger charge is 2.20. The molecular formula is C19H22N2O5S. The fraction of sp³-hybridized carbons (Fsp3) is 0.263. The molecule has 0 atom stereocenters. The van der Waals surface area contributed by atoms with Gasteiger partial charge in [-0.1, -0.05) is 43.3 Å². The highest BCUT2D eigenvalue weighted by atomic mass is 32.2. The molecule has 0 saturated carbocycles. The highest BCUT2D eigenvalue weighted by molar-refractivity contribution is 7.92. The van der Waals surface area contributed by atoms with Gasteiger partial charge in [-0.3, -0.25) is 14.3 Å². The summed E-state index contributed by atoms with van der Waals surface area (Å²) < 4.78 is 26.3. The van der Waals surface area contributed by atoms with Crippen molar-refractivity contribution in [2.24, 2.45) is 0 Å². The number of carboxylic acid groups (broad SMARTS) is 1. The summed E-state index contributed by atoms with van der Waals surface area (Å²) in [4.78, 5) is 25.2. The SMILES string of the molecule is CCCS(=O)(=O)Nc1cccc(C(=O)N(CC(=O)O)Cc2ccccc2)c1. The van der Waals surface area contributed by atoms with Gasteiger partial charge in [0.1, 0.15) is 6.54 Å². The number of hydrogen-bond acceptors (Lipinski definition) is 4. The number of rotatable bonds is 9. The first kappa shape index (κ1) is 20.4. The maximum absolute atomic E-state index is 12.8. The van der Waals surface area contributed by atoms with Crippen molar-refractivity contribution in [2.75, 3.05) is 17.0 Å². The maximum atomic E-state index is 12.8. The van der Waals surface area contributed by atoms with E-state index in [2.05, 4.69) is 4.72 Å². The zero-order chi connectivity index (χ0) is 19.9. The Morgan fingerprint density at radius 2 is 1.78 bits per heavy atom. The molecule has 0 aliphatic rings. The topological polar surface area (TPSA) is 104 Å². The van der Waals surface area contributed by atoms with Crippen LogP contribution in [0.5, 0.6) is 0 Å². The van der Waals surface area contributed by atoms with Crippen molar-refractivity contribution in [3.63, 3.8) is 0 Å². The second-order valence-electron chi connectivity index (χ2n) is 6.04. The highest BCUT2D eigenvalue weighted by Crippen LogP contribution is 2.16. The van der Waals surface area contributed by atoms with Crippen LogP contribution in [0.25, 0.3) is 0 Å². The first-order valence-electron chi connectivity index (χ1n) is 8.46. The predicted octanol–water partition coefficient (Wildman–Crippen LogP) is 2.57. The fourth-order valence-electron chi connectivity index (χ4n) is 2.56. The Hall–Kier alpha value is -2.87. The Balaban J connectivity index is 2.24. The summed E-state index contributed by atoms with van der Waals surface area (Å²) in [6.45, 7) is 1.43. The van der Waals surface area contributed by atoms with E-state index in [0.29, 0.717) is 6.42 Å². The molecular weight excluding hydrogens is 368 g/mol. The van der Waals surface area contributed by atoms with E-state index >= 15 is 0 Å². The van der Waals surface area contributed by atoms with Gasteiger partial charge in [0.2, 0.25) is 10.0 Å². The summed E-state index contributed by atoms with van der Waals surface area (Å²) in [5.74, 6) is -1.64.